The van der Waals surface area contributed by atoms with E-state index in [1.54, 1.807) is 0 Å². The van der Waals surface area contributed by atoms with Crippen LogP contribution in [0.1, 0.15) is 11.1 Å². The quantitative estimate of drug-likeness (QED) is 0.320. The van der Waals surface area contributed by atoms with Crippen LogP contribution >= 0.6 is 0 Å². The van der Waals surface area contributed by atoms with Gasteiger partial charge in [0.1, 0.15) is 18.3 Å². The molecule has 0 saturated carbocycles. The second-order valence-corrected chi connectivity index (χ2v) is 7.05. The van der Waals surface area contributed by atoms with E-state index in [4.69, 9.17) is 23.7 Å². The van der Waals surface area contributed by atoms with E-state index in [0.717, 1.165) is 17.7 Å². The van der Waals surface area contributed by atoms with E-state index < -0.39 is 0 Å². The number of rotatable bonds is 15. The maximum atomic E-state index is 9.56. The van der Waals surface area contributed by atoms with E-state index in [9.17, 15) is 5.11 Å². The van der Waals surface area contributed by atoms with E-state index in [2.05, 4.69) is 0 Å². The summed E-state index contributed by atoms with van der Waals surface area (Å²) in [5.74, 6) is 0. The molecule has 30 heavy (non-hydrogen) atoms. The van der Waals surface area contributed by atoms with Gasteiger partial charge in [-0.2, -0.15) is 0 Å². The molecule has 1 fully saturated rings. The standard InChI is InChI=1S/C23H30O6.Ir/c24-11-21(27-12-19-7-3-1-4-8-19)14-25-15-22(16-26-17-23-18-29-23)28-13-20-9-5-2-6-10-20;/h1-10,21-24H,11-18H2;. The van der Waals surface area contributed by atoms with Crippen LogP contribution in [-0.2, 0) is 57.0 Å². The Hall–Kier alpha value is -1.15. The molecule has 0 aromatic heterocycles. The van der Waals surface area contributed by atoms with Gasteiger partial charge in [0, 0.05) is 20.1 Å². The summed E-state index contributed by atoms with van der Waals surface area (Å²) in [7, 11) is 0. The first-order chi connectivity index (χ1) is 14.3. The van der Waals surface area contributed by atoms with E-state index in [0.29, 0.717) is 39.6 Å². The van der Waals surface area contributed by atoms with E-state index in [-0.39, 0.29) is 45.0 Å². The Labute approximate surface area is 191 Å². The second kappa shape index (κ2) is 14.8. The first-order valence-corrected chi connectivity index (χ1v) is 10.0. The van der Waals surface area contributed by atoms with Gasteiger partial charge in [-0.15, -0.1) is 0 Å². The fourth-order valence-electron chi connectivity index (χ4n) is 2.70. The van der Waals surface area contributed by atoms with Crippen molar-refractivity contribution in [1.82, 2.24) is 0 Å². The van der Waals surface area contributed by atoms with Gasteiger partial charge in [0.05, 0.1) is 52.9 Å². The van der Waals surface area contributed by atoms with Gasteiger partial charge in [-0.1, -0.05) is 60.7 Å². The molecule has 1 aliphatic heterocycles. The fraction of sp³-hybridized carbons (Fsp3) is 0.478. The van der Waals surface area contributed by atoms with Crippen LogP contribution in [0.2, 0.25) is 0 Å². The molecule has 1 N–H and O–H groups in total. The van der Waals surface area contributed by atoms with Gasteiger partial charge in [0.15, 0.2) is 0 Å². The Kier molecular flexibility index (Phi) is 12.4. The summed E-state index contributed by atoms with van der Waals surface area (Å²) in [6.45, 7) is 3.26. The number of benzene rings is 2. The zero-order valence-electron chi connectivity index (χ0n) is 17.0. The fourth-order valence-corrected chi connectivity index (χ4v) is 2.70. The molecule has 1 radical (unpaired) electrons. The maximum absolute atomic E-state index is 9.56. The first-order valence-electron chi connectivity index (χ1n) is 10.0. The Bertz CT molecular complexity index is 668. The molecule has 1 aliphatic rings. The van der Waals surface area contributed by atoms with Gasteiger partial charge in [-0.25, -0.2) is 0 Å². The van der Waals surface area contributed by atoms with Crippen LogP contribution in [0.3, 0.4) is 0 Å². The monoisotopic (exact) mass is 595 g/mol. The SMILES string of the molecule is OCC(COCC(COCC1CO1)OCc1ccccc1)OCc1ccccc1.[Ir]. The maximum Gasteiger partial charge on any atom is 0.105 e. The largest absolute Gasteiger partial charge is 0.394 e. The van der Waals surface area contributed by atoms with Crippen LogP contribution in [0.5, 0.6) is 0 Å². The number of ether oxygens (including phenoxy) is 5. The summed E-state index contributed by atoms with van der Waals surface area (Å²) in [6.07, 6.45) is -0.371. The molecule has 3 unspecified atom stereocenters. The first kappa shape index (κ1) is 25.1. The van der Waals surface area contributed by atoms with Crippen molar-refractivity contribution in [2.45, 2.75) is 31.5 Å². The van der Waals surface area contributed by atoms with Crippen molar-refractivity contribution in [1.29, 1.82) is 0 Å². The third-order valence-corrected chi connectivity index (χ3v) is 4.48. The van der Waals surface area contributed by atoms with Crippen LogP contribution in [-0.4, -0.2) is 63.1 Å². The minimum Gasteiger partial charge on any atom is -0.394 e. The molecule has 0 bridgehead atoms. The average Bonchev–Trinajstić information content (AvgIpc) is 3.60. The molecule has 7 heteroatoms. The molecule has 2 aromatic rings. The Balaban J connectivity index is 0.00000320. The summed E-state index contributed by atoms with van der Waals surface area (Å²) in [4.78, 5) is 0. The predicted molar refractivity (Wildman–Crippen MR) is 109 cm³/mol. The Morgan fingerprint density at radius 1 is 0.800 bits per heavy atom. The van der Waals surface area contributed by atoms with Crippen LogP contribution in [0, 0.1) is 0 Å². The molecule has 167 valence electrons. The van der Waals surface area contributed by atoms with Crippen molar-refractivity contribution in [2.24, 2.45) is 0 Å². The van der Waals surface area contributed by atoms with Crippen molar-refractivity contribution < 1.29 is 48.9 Å². The summed E-state index contributed by atoms with van der Waals surface area (Å²) >= 11 is 0. The molecule has 3 rings (SSSR count). The third-order valence-electron chi connectivity index (χ3n) is 4.48. The smallest absolute Gasteiger partial charge is 0.105 e. The molecule has 0 aliphatic carbocycles. The van der Waals surface area contributed by atoms with E-state index in [1.165, 1.54) is 0 Å². The van der Waals surface area contributed by atoms with Crippen molar-refractivity contribution in [3.05, 3.63) is 71.8 Å². The Morgan fingerprint density at radius 2 is 1.30 bits per heavy atom. The molecule has 1 saturated heterocycles. The summed E-state index contributed by atoms with van der Waals surface area (Å²) < 4.78 is 28.4. The molecule has 6 nitrogen and oxygen atoms in total. The normalized spacial score (nSPS) is 17.2. The van der Waals surface area contributed by atoms with Crippen LogP contribution < -0.4 is 0 Å². The zero-order chi connectivity index (χ0) is 20.2. The second-order valence-electron chi connectivity index (χ2n) is 7.05. The predicted octanol–water partition coefficient (Wildman–Crippen LogP) is 2.58. The van der Waals surface area contributed by atoms with Crippen molar-refractivity contribution in [3.8, 4) is 0 Å². The van der Waals surface area contributed by atoms with Gasteiger partial charge in [0.25, 0.3) is 0 Å². The molecular formula is C23H30IrO6. The molecule has 2 aromatic carbocycles. The minimum atomic E-state index is -0.384. The summed E-state index contributed by atoms with van der Waals surface area (Å²) in [6, 6.07) is 19.9. The van der Waals surface area contributed by atoms with E-state index in [1.807, 2.05) is 60.7 Å². The Morgan fingerprint density at radius 3 is 1.83 bits per heavy atom. The zero-order valence-corrected chi connectivity index (χ0v) is 19.4. The van der Waals surface area contributed by atoms with E-state index >= 15 is 0 Å². The van der Waals surface area contributed by atoms with Gasteiger partial charge >= 0.3 is 0 Å². The van der Waals surface area contributed by atoms with Crippen LogP contribution in [0.15, 0.2) is 60.7 Å². The third kappa shape index (κ3) is 10.2. The van der Waals surface area contributed by atoms with Gasteiger partial charge in [-0.3, -0.25) is 0 Å². The molecular weight excluding hydrogens is 564 g/mol. The van der Waals surface area contributed by atoms with Crippen LogP contribution in [0.4, 0.5) is 0 Å². The molecule has 3 atom stereocenters. The van der Waals surface area contributed by atoms with Crippen LogP contribution in [0.25, 0.3) is 0 Å². The average molecular weight is 595 g/mol. The summed E-state index contributed by atoms with van der Waals surface area (Å²) in [5.41, 5.74) is 2.16. The van der Waals surface area contributed by atoms with Gasteiger partial charge in [0.2, 0.25) is 0 Å². The number of aliphatic hydroxyl groups is 1. The minimum absolute atomic E-state index is 0. The van der Waals surface area contributed by atoms with Gasteiger partial charge < -0.3 is 28.8 Å². The molecule has 0 spiro atoms. The summed E-state index contributed by atoms with van der Waals surface area (Å²) in [5, 5.41) is 9.56. The molecule has 1 heterocycles. The number of hydrogen-bond donors (Lipinski definition) is 1. The number of hydrogen-bond acceptors (Lipinski definition) is 6. The van der Waals surface area contributed by atoms with Gasteiger partial charge in [-0.05, 0) is 11.1 Å². The van der Waals surface area contributed by atoms with Crippen molar-refractivity contribution >= 4 is 0 Å². The number of aliphatic hydroxyl groups excluding tert-OH is 1. The van der Waals surface area contributed by atoms with Crippen molar-refractivity contribution in [2.75, 3.05) is 39.6 Å². The number of epoxide rings is 1. The molecule has 0 amide bonds. The van der Waals surface area contributed by atoms with Crippen molar-refractivity contribution in [3.63, 3.8) is 0 Å². The topological polar surface area (TPSA) is 69.7 Å².